The summed E-state index contributed by atoms with van der Waals surface area (Å²) >= 11 is 1.35. The second kappa shape index (κ2) is 5.32. The largest absolute Gasteiger partial charge is 0.382 e. The van der Waals surface area contributed by atoms with Gasteiger partial charge in [0.05, 0.1) is 6.20 Å². The number of hydrogen-bond acceptors (Lipinski definition) is 6. The number of nitriles is 1. The van der Waals surface area contributed by atoms with Crippen LogP contribution in [0.5, 0.6) is 0 Å². The topological polar surface area (TPSA) is 92.7 Å². The van der Waals surface area contributed by atoms with Crippen molar-refractivity contribution in [1.82, 2.24) is 9.97 Å². The Kier molecular flexibility index (Phi) is 4.06. The van der Waals surface area contributed by atoms with Crippen LogP contribution in [0.2, 0.25) is 0 Å². The molecule has 0 aliphatic carbocycles. The molecular formula is C9H10N4OS. The molecule has 5 nitrogen and oxygen atoms in total. The van der Waals surface area contributed by atoms with Crippen molar-refractivity contribution < 1.29 is 4.79 Å². The molecule has 78 valence electrons. The van der Waals surface area contributed by atoms with Gasteiger partial charge in [0.1, 0.15) is 23.2 Å². The first-order valence-corrected chi connectivity index (χ1v) is 5.27. The van der Waals surface area contributed by atoms with Gasteiger partial charge in [0.2, 0.25) is 0 Å². The van der Waals surface area contributed by atoms with Crippen molar-refractivity contribution in [3.8, 4) is 6.07 Å². The SMILES string of the molecule is CC(=O)CCSc1ncc(C#N)c(N)n1. The Morgan fingerprint density at radius 2 is 2.47 bits per heavy atom. The summed E-state index contributed by atoms with van der Waals surface area (Å²) in [5.74, 6) is 0.933. The van der Waals surface area contributed by atoms with E-state index in [1.807, 2.05) is 6.07 Å². The van der Waals surface area contributed by atoms with Crippen LogP contribution in [0.1, 0.15) is 18.9 Å². The fourth-order valence-corrected chi connectivity index (χ4v) is 1.68. The number of aromatic nitrogens is 2. The summed E-state index contributed by atoms with van der Waals surface area (Å²) in [6.45, 7) is 1.54. The standard InChI is InChI=1S/C9H10N4OS/c1-6(14)2-3-15-9-12-5-7(4-10)8(11)13-9/h5H,2-3H2,1H3,(H2,11,12,13). The highest BCUT2D eigenvalue weighted by atomic mass is 32.2. The summed E-state index contributed by atoms with van der Waals surface area (Å²) in [6, 6.07) is 1.88. The molecule has 0 atom stereocenters. The number of ketones is 1. The monoisotopic (exact) mass is 222 g/mol. The van der Waals surface area contributed by atoms with Gasteiger partial charge in [-0.3, -0.25) is 4.79 Å². The number of carbonyl (C=O) groups excluding carboxylic acids is 1. The van der Waals surface area contributed by atoms with Crippen LogP contribution in [0.3, 0.4) is 0 Å². The first kappa shape index (κ1) is 11.5. The maximum absolute atomic E-state index is 10.7. The van der Waals surface area contributed by atoms with Crippen molar-refractivity contribution in [3.63, 3.8) is 0 Å². The fourth-order valence-electron chi connectivity index (χ4n) is 0.820. The second-order valence-corrected chi connectivity index (χ2v) is 3.93. The number of Topliss-reactive ketones (excluding diaryl/α,β-unsaturated/α-hetero) is 1. The van der Waals surface area contributed by atoms with Crippen LogP contribution < -0.4 is 5.73 Å². The lowest BCUT2D eigenvalue weighted by molar-refractivity contribution is -0.116. The molecule has 0 fully saturated rings. The van der Waals surface area contributed by atoms with E-state index < -0.39 is 0 Å². The van der Waals surface area contributed by atoms with Gasteiger partial charge in [0.15, 0.2) is 5.16 Å². The molecule has 1 aromatic rings. The summed E-state index contributed by atoms with van der Waals surface area (Å²) in [5.41, 5.74) is 5.78. The van der Waals surface area contributed by atoms with Gasteiger partial charge in [0, 0.05) is 12.2 Å². The van der Waals surface area contributed by atoms with Crippen LogP contribution in [-0.4, -0.2) is 21.5 Å². The number of thioether (sulfide) groups is 1. The van der Waals surface area contributed by atoms with Gasteiger partial charge in [-0.2, -0.15) is 5.26 Å². The Hall–Kier alpha value is -1.61. The number of hydrogen-bond donors (Lipinski definition) is 1. The zero-order valence-corrected chi connectivity index (χ0v) is 9.04. The van der Waals surface area contributed by atoms with Crippen molar-refractivity contribution in [1.29, 1.82) is 5.26 Å². The third kappa shape index (κ3) is 3.56. The van der Waals surface area contributed by atoms with Crippen molar-refractivity contribution in [2.45, 2.75) is 18.5 Å². The summed E-state index contributed by atoms with van der Waals surface area (Å²) in [7, 11) is 0. The predicted octanol–water partition coefficient (Wildman–Crippen LogP) is 1.00. The molecule has 0 aromatic carbocycles. The molecule has 0 saturated carbocycles. The Labute approximate surface area is 91.7 Å². The van der Waals surface area contributed by atoms with E-state index in [1.165, 1.54) is 24.9 Å². The molecule has 2 N–H and O–H groups in total. The van der Waals surface area contributed by atoms with Gasteiger partial charge >= 0.3 is 0 Å². The summed E-state index contributed by atoms with van der Waals surface area (Å²) in [4.78, 5) is 18.6. The second-order valence-electron chi connectivity index (χ2n) is 2.86. The minimum atomic E-state index is 0.129. The Morgan fingerprint density at radius 1 is 1.73 bits per heavy atom. The first-order valence-electron chi connectivity index (χ1n) is 4.28. The van der Waals surface area contributed by atoms with Crippen LogP contribution in [0.25, 0.3) is 0 Å². The average Bonchev–Trinajstić information content (AvgIpc) is 2.17. The third-order valence-electron chi connectivity index (χ3n) is 1.60. The molecule has 6 heteroatoms. The molecule has 0 spiro atoms. The molecular weight excluding hydrogens is 212 g/mol. The molecule has 1 rings (SSSR count). The van der Waals surface area contributed by atoms with Crippen molar-refractivity contribution in [3.05, 3.63) is 11.8 Å². The van der Waals surface area contributed by atoms with E-state index in [-0.39, 0.29) is 17.2 Å². The number of nitrogens with two attached hydrogens (primary N) is 1. The fraction of sp³-hybridized carbons (Fsp3) is 0.333. The number of nitrogen functional groups attached to an aromatic ring is 1. The van der Waals surface area contributed by atoms with Crippen LogP contribution in [0, 0.1) is 11.3 Å². The molecule has 0 unspecified atom stereocenters. The van der Waals surface area contributed by atoms with Gasteiger partial charge in [-0.1, -0.05) is 11.8 Å². The summed E-state index contributed by atoms with van der Waals surface area (Å²) in [6.07, 6.45) is 1.87. The van der Waals surface area contributed by atoms with Crippen molar-refractivity contribution in [2.24, 2.45) is 0 Å². The molecule has 0 aliphatic heterocycles. The van der Waals surface area contributed by atoms with E-state index >= 15 is 0 Å². The molecule has 0 aliphatic rings. The van der Waals surface area contributed by atoms with Crippen LogP contribution in [0.4, 0.5) is 5.82 Å². The first-order chi connectivity index (χ1) is 7.13. The van der Waals surface area contributed by atoms with E-state index in [9.17, 15) is 4.79 Å². The molecule has 15 heavy (non-hydrogen) atoms. The lowest BCUT2D eigenvalue weighted by Crippen LogP contribution is -1.99. The molecule has 0 bridgehead atoms. The molecule has 0 amide bonds. The number of anilines is 1. The van der Waals surface area contributed by atoms with Crippen molar-refractivity contribution >= 4 is 23.4 Å². The van der Waals surface area contributed by atoms with Gasteiger partial charge in [-0.15, -0.1) is 0 Å². The highest BCUT2D eigenvalue weighted by molar-refractivity contribution is 7.99. The van der Waals surface area contributed by atoms with Crippen molar-refractivity contribution in [2.75, 3.05) is 11.5 Å². The highest BCUT2D eigenvalue weighted by Gasteiger charge is 2.04. The lowest BCUT2D eigenvalue weighted by atomic mass is 10.3. The summed E-state index contributed by atoms with van der Waals surface area (Å²) in [5, 5.41) is 9.09. The minimum Gasteiger partial charge on any atom is -0.382 e. The number of nitrogens with zero attached hydrogens (tertiary/aromatic N) is 3. The Morgan fingerprint density at radius 3 is 3.00 bits per heavy atom. The van der Waals surface area contributed by atoms with E-state index in [2.05, 4.69) is 9.97 Å². The zero-order valence-electron chi connectivity index (χ0n) is 8.23. The molecule has 0 radical (unpaired) electrons. The summed E-state index contributed by atoms with van der Waals surface area (Å²) < 4.78 is 0. The molecule has 1 aromatic heterocycles. The van der Waals surface area contributed by atoms with Gasteiger partial charge < -0.3 is 5.73 Å². The number of rotatable bonds is 4. The van der Waals surface area contributed by atoms with Gasteiger partial charge in [0.25, 0.3) is 0 Å². The van der Waals surface area contributed by atoms with E-state index in [4.69, 9.17) is 11.0 Å². The Bertz CT molecular complexity index is 413. The van der Waals surface area contributed by atoms with E-state index in [1.54, 1.807) is 0 Å². The third-order valence-corrected chi connectivity index (χ3v) is 2.47. The predicted molar refractivity (Wildman–Crippen MR) is 57.2 cm³/mol. The average molecular weight is 222 g/mol. The van der Waals surface area contributed by atoms with Crippen LogP contribution >= 0.6 is 11.8 Å². The van der Waals surface area contributed by atoms with Crippen LogP contribution in [0.15, 0.2) is 11.4 Å². The quantitative estimate of drug-likeness (QED) is 0.603. The smallest absolute Gasteiger partial charge is 0.189 e. The number of carbonyl (C=O) groups is 1. The normalized spacial score (nSPS) is 9.60. The maximum atomic E-state index is 10.7. The minimum absolute atomic E-state index is 0.129. The highest BCUT2D eigenvalue weighted by Crippen LogP contribution is 2.16. The van der Waals surface area contributed by atoms with E-state index in [0.29, 0.717) is 17.3 Å². The van der Waals surface area contributed by atoms with Gasteiger partial charge in [-0.05, 0) is 6.92 Å². The lowest BCUT2D eigenvalue weighted by Gasteiger charge is -2.00. The Balaban J connectivity index is 2.60. The van der Waals surface area contributed by atoms with Crippen LogP contribution in [-0.2, 0) is 4.79 Å². The zero-order chi connectivity index (χ0) is 11.3. The van der Waals surface area contributed by atoms with E-state index in [0.717, 1.165) is 0 Å². The van der Waals surface area contributed by atoms with Gasteiger partial charge in [-0.25, -0.2) is 9.97 Å². The maximum Gasteiger partial charge on any atom is 0.189 e. The molecule has 0 saturated heterocycles. The molecule has 1 heterocycles.